The first-order chi connectivity index (χ1) is 15.5. The van der Waals surface area contributed by atoms with Crippen LogP contribution in [0.25, 0.3) is 11.1 Å². The highest BCUT2D eigenvalue weighted by Crippen LogP contribution is 2.32. The summed E-state index contributed by atoms with van der Waals surface area (Å²) in [7, 11) is -3.38. The van der Waals surface area contributed by atoms with E-state index in [1.807, 2.05) is 47.4 Å². The van der Waals surface area contributed by atoms with Crippen LogP contribution in [0.2, 0.25) is 0 Å². The molecule has 0 spiro atoms. The Bertz CT molecular complexity index is 1060. The second kappa shape index (κ2) is 10.0. The molecule has 2 atom stereocenters. The van der Waals surface area contributed by atoms with Gasteiger partial charge in [-0.15, -0.1) is 0 Å². The fraction of sp³-hybridized carbons (Fsp3) is 0.458. The minimum absolute atomic E-state index is 0.0107. The van der Waals surface area contributed by atoms with Crippen molar-refractivity contribution >= 4 is 15.9 Å². The topological polar surface area (TPSA) is 84.9 Å². The monoisotopic (exact) mass is 458 g/mol. The largest absolute Gasteiger partial charge is 0.491 e. The van der Waals surface area contributed by atoms with Crippen molar-refractivity contribution in [1.82, 2.24) is 9.62 Å². The normalized spacial score (nSPS) is 22.3. The number of amides is 1. The van der Waals surface area contributed by atoms with Gasteiger partial charge in [-0.1, -0.05) is 42.5 Å². The minimum Gasteiger partial charge on any atom is -0.491 e. The van der Waals surface area contributed by atoms with Crippen LogP contribution in [0.5, 0.6) is 5.75 Å². The zero-order valence-electron chi connectivity index (χ0n) is 18.3. The van der Waals surface area contributed by atoms with E-state index in [4.69, 9.17) is 9.47 Å². The van der Waals surface area contributed by atoms with Gasteiger partial charge in [0.2, 0.25) is 15.9 Å². The van der Waals surface area contributed by atoms with Crippen molar-refractivity contribution in [3.63, 3.8) is 0 Å². The lowest BCUT2D eigenvalue weighted by molar-refractivity contribution is -0.133. The van der Waals surface area contributed by atoms with Crippen LogP contribution in [0.15, 0.2) is 48.5 Å². The summed E-state index contributed by atoms with van der Waals surface area (Å²) in [6.07, 6.45) is 1.44. The molecule has 32 heavy (non-hydrogen) atoms. The summed E-state index contributed by atoms with van der Waals surface area (Å²) in [5.74, 6) is 0.795. The van der Waals surface area contributed by atoms with Crippen LogP contribution in [0.4, 0.5) is 0 Å². The van der Waals surface area contributed by atoms with Gasteiger partial charge in [-0.3, -0.25) is 4.79 Å². The maximum Gasteiger partial charge on any atom is 0.225 e. The molecule has 2 aromatic rings. The number of sulfonamides is 1. The van der Waals surface area contributed by atoms with Crippen LogP contribution in [-0.4, -0.2) is 63.4 Å². The summed E-state index contributed by atoms with van der Waals surface area (Å²) in [5, 5.41) is 0. The fourth-order valence-corrected chi connectivity index (χ4v) is 5.32. The van der Waals surface area contributed by atoms with E-state index in [-0.39, 0.29) is 30.2 Å². The number of para-hydroxylation sites is 1. The molecular weight excluding hydrogens is 428 g/mol. The van der Waals surface area contributed by atoms with Gasteiger partial charge >= 0.3 is 0 Å². The van der Waals surface area contributed by atoms with Gasteiger partial charge in [0, 0.05) is 18.2 Å². The molecule has 0 aliphatic carbocycles. The molecule has 1 amide bonds. The maximum absolute atomic E-state index is 13.0. The SMILES string of the molecule is CCS(=O)(=O)NC1CCN2C(=O)CCOCCOc3ccccc3-c3cccc(c3)CC12. The third-order valence-electron chi connectivity index (χ3n) is 6.09. The van der Waals surface area contributed by atoms with Gasteiger partial charge in [-0.2, -0.15) is 0 Å². The molecule has 0 saturated carbocycles. The second-order valence-electron chi connectivity index (χ2n) is 8.18. The molecule has 2 aromatic carbocycles. The van der Waals surface area contributed by atoms with E-state index < -0.39 is 10.0 Å². The number of hydrogen-bond acceptors (Lipinski definition) is 5. The molecule has 1 fully saturated rings. The first-order valence-corrected chi connectivity index (χ1v) is 12.8. The van der Waals surface area contributed by atoms with E-state index in [0.29, 0.717) is 39.2 Å². The molecular formula is C24H30N2O5S. The van der Waals surface area contributed by atoms with Crippen LogP contribution in [-0.2, 0) is 26.0 Å². The lowest BCUT2D eigenvalue weighted by Gasteiger charge is -2.29. The Morgan fingerprint density at radius 1 is 1.09 bits per heavy atom. The molecule has 2 aliphatic heterocycles. The smallest absolute Gasteiger partial charge is 0.225 e. The molecule has 7 nitrogen and oxygen atoms in total. The van der Waals surface area contributed by atoms with E-state index in [1.165, 1.54) is 0 Å². The number of carbonyl (C=O) groups is 1. The number of nitrogens with zero attached hydrogens (tertiary/aromatic N) is 1. The average molecular weight is 459 g/mol. The number of carbonyl (C=O) groups excluding carboxylic acids is 1. The van der Waals surface area contributed by atoms with Crippen molar-refractivity contribution in [2.75, 3.05) is 32.1 Å². The number of hydrogen-bond donors (Lipinski definition) is 1. The van der Waals surface area contributed by atoms with Gasteiger partial charge in [0.05, 0.1) is 31.4 Å². The summed E-state index contributed by atoms with van der Waals surface area (Å²) in [6.45, 7) is 3.26. The van der Waals surface area contributed by atoms with Gasteiger partial charge in [0.15, 0.2) is 0 Å². The minimum atomic E-state index is -3.38. The van der Waals surface area contributed by atoms with Crippen LogP contribution < -0.4 is 9.46 Å². The average Bonchev–Trinajstić information content (AvgIpc) is 3.17. The molecule has 8 heteroatoms. The lowest BCUT2D eigenvalue weighted by Crippen LogP contribution is -2.48. The van der Waals surface area contributed by atoms with Crippen molar-refractivity contribution in [1.29, 1.82) is 0 Å². The number of nitrogens with one attached hydrogen (secondary N) is 1. The third-order valence-corrected chi connectivity index (χ3v) is 7.51. The number of ether oxygens (including phenoxy) is 2. The summed E-state index contributed by atoms with van der Waals surface area (Å²) in [4.78, 5) is 14.8. The van der Waals surface area contributed by atoms with E-state index in [0.717, 1.165) is 22.4 Å². The molecule has 2 bridgehead atoms. The Labute approximate surface area is 189 Å². The highest BCUT2D eigenvalue weighted by atomic mass is 32.2. The van der Waals surface area contributed by atoms with Crippen molar-refractivity contribution in [2.45, 2.75) is 38.3 Å². The molecule has 172 valence electrons. The van der Waals surface area contributed by atoms with Crippen LogP contribution in [0, 0.1) is 0 Å². The molecule has 4 rings (SSSR count). The number of fused-ring (bicyclic) bond motifs is 5. The Balaban J connectivity index is 1.68. The highest BCUT2D eigenvalue weighted by molar-refractivity contribution is 7.89. The molecule has 0 aromatic heterocycles. The molecule has 2 heterocycles. The number of rotatable bonds is 3. The predicted molar refractivity (Wildman–Crippen MR) is 123 cm³/mol. The molecule has 2 aliphatic rings. The quantitative estimate of drug-likeness (QED) is 0.764. The fourth-order valence-electron chi connectivity index (χ4n) is 4.42. The Kier molecular flexibility index (Phi) is 7.13. The Morgan fingerprint density at radius 2 is 1.94 bits per heavy atom. The van der Waals surface area contributed by atoms with E-state index in [2.05, 4.69) is 10.8 Å². The maximum atomic E-state index is 13.0. The molecule has 1 N–H and O–H groups in total. The van der Waals surface area contributed by atoms with E-state index in [1.54, 1.807) is 6.92 Å². The molecule has 1 saturated heterocycles. The first kappa shape index (κ1) is 22.8. The van der Waals surface area contributed by atoms with Gasteiger partial charge in [-0.25, -0.2) is 13.1 Å². The van der Waals surface area contributed by atoms with E-state index >= 15 is 0 Å². The van der Waals surface area contributed by atoms with Crippen molar-refractivity contribution < 1.29 is 22.7 Å². The molecule has 2 unspecified atom stereocenters. The lowest BCUT2D eigenvalue weighted by atomic mass is 9.96. The summed E-state index contributed by atoms with van der Waals surface area (Å²) >= 11 is 0. The van der Waals surface area contributed by atoms with Gasteiger partial charge < -0.3 is 14.4 Å². The van der Waals surface area contributed by atoms with Crippen LogP contribution in [0.1, 0.15) is 25.3 Å². The summed E-state index contributed by atoms with van der Waals surface area (Å²) in [6, 6.07) is 15.5. The zero-order valence-corrected chi connectivity index (χ0v) is 19.1. The van der Waals surface area contributed by atoms with Gasteiger partial charge in [-0.05, 0) is 37.0 Å². The van der Waals surface area contributed by atoms with Crippen molar-refractivity contribution in [3.8, 4) is 16.9 Å². The van der Waals surface area contributed by atoms with Crippen molar-refractivity contribution in [3.05, 3.63) is 54.1 Å². The third kappa shape index (κ3) is 5.31. The van der Waals surface area contributed by atoms with E-state index in [9.17, 15) is 13.2 Å². The predicted octanol–water partition coefficient (Wildman–Crippen LogP) is 2.60. The summed E-state index contributed by atoms with van der Waals surface area (Å²) in [5.41, 5.74) is 3.07. The zero-order chi connectivity index (χ0) is 22.6. The second-order valence-corrected chi connectivity index (χ2v) is 10.2. The van der Waals surface area contributed by atoms with Crippen LogP contribution >= 0.6 is 0 Å². The van der Waals surface area contributed by atoms with Crippen molar-refractivity contribution in [2.24, 2.45) is 0 Å². The Morgan fingerprint density at radius 3 is 2.78 bits per heavy atom. The number of benzene rings is 2. The first-order valence-electron chi connectivity index (χ1n) is 11.1. The molecule has 0 radical (unpaired) electrons. The van der Waals surface area contributed by atoms with Gasteiger partial charge in [0.25, 0.3) is 0 Å². The highest BCUT2D eigenvalue weighted by Gasteiger charge is 2.38. The standard InChI is InChI=1S/C24H30N2O5S/c1-2-32(28,29)25-21-10-12-26-22(21)17-18-6-5-7-19(16-18)20-8-3-4-9-23(20)31-15-14-30-13-11-24(26)27/h3-9,16,21-22,25H,2,10-15,17H2,1H3. The van der Waals surface area contributed by atoms with Crippen LogP contribution in [0.3, 0.4) is 0 Å². The van der Waals surface area contributed by atoms with Gasteiger partial charge in [0.1, 0.15) is 12.4 Å². The summed E-state index contributed by atoms with van der Waals surface area (Å²) < 4.78 is 39.0. The Hall–Kier alpha value is -2.42.